The van der Waals surface area contributed by atoms with E-state index in [2.05, 4.69) is 0 Å². The predicted octanol–water partition coefficient (Wildman–Crippen LogP) is 1.61. The summed E-state index contributed by atoms with van der Waals surface area (Å²) in [6, 6.07) is 5.54. The Morgan fingerprint density at radius 3 is 2.60 bits per heavy atom. The van der Waals surface area contributed by atoms with Crippen molar-refractivity contribution in [2.24, 2.45) is 0 Å². The van der Waals surface area contributed by atoms with Crippen LogP contribution in [0.3, 0.4) is 0 Å². The highest BCUT2D eigenvalue weighted by molar-refractivity contribution is 5.51. The molecule has 0 amide bonds. The van der Waals surface area contributed by atoms with E-state index in [0.717, 1.165) is 6.07 Å². The third-order valence-corrected chi connectivity index (χ3v) is 1.13. The first-order valence-corrected chi connectivity index (χ1v) is 2.66. The van der Waals surface area contributed by atoms with Gasteiger partial charge in [0.2, 0.25) is 0 Å². The fraction of sp³-hybridized carbons (Fsp3) is 0. The maximum Gasteiger partial charge on any atom is 0.143 e. The van der Waals surface area contributed by atoms with Gasteiger partial charge in [0.15, 0.2) is 0 Å². The molecule has 0 aliphatic heterocycles. The molecule has 1 aromatic rings. The SMILES string of the molecule is N#Cc1c([NH])cccc1F. The van der Waals surface area contributed by atoms with Gasteiger partial charge in [-0.25, -0.2) is 4.39 Å². The zero-order valence-electron chi connectivity index (χ0n) is 5.06. The zero-order valence-corrected chi connectivity index (χ0v) is 5.06. The van der Waals surface area contributed by atoms with Crippen LogP contribution < -0.4 is 5.73 Å². The predicted molar refractivity (Wildman–Crippen MR) is 33.9 cm³/mol. The van der Waals surface area contributed by atoms with Crippen molar-refractivity contribution >= 4 is 5.69 Å². The van der Waals surface area contributed by atoms with Crippen molar-refractivity contribution in [1.29, 1.82) is 5.26 Å². The van der Waals surface area contributed by atoms with E-state index in [1.165, 1.54) is 12.1 Å². The van der Waals surface area contributed by atoms with Crippen molar-refractivity contribution in [3.63, 3.8) is 0 Å². The molecular formula is C7H4FN2. The summed E-state index contributed by atoms with van der Waals surface area (Å²) in [6.07, 6.45) is 0. The van der Waals surface area contributed by atoms with E-state index in [0.29, 0.717) is 0 Å². The molecule has 1 rings (SSSR count). The smallest absolute Gasteiger partial charge is 0.143 e. The quantitative estimate of drug-likeness (QED) is 0.533. The van der Waals surface area contributed by atoms with Gasteiger partial charge in [-0.3, -0.25) is 5.73 Å². The van der Waals surface area contributed by atoms with Crippen molar-refractivity contribution in [1.82, 2.24) is 5.73 Å². The molecule has 0 spiro atoms. The van der Waals surface area contributed by atoms with E-state index in [9.17, 15) is 4.39 Å². The van der Waals surface area contributed by atoms with E-state index >= 15 is 0 Å². The van der Waals surface area contributed by atoms with Crippen LogP contribution in [-0.2, 0) is 0 Å². The molecule has 0 aliphatic carbocycles. The van der Waals surface area contributed by atoms with Crippen molar-refractivity contribution in [2.45, 2.75) is 0 Å². The molecule has 0 heterocycles. The molecule has 0 atom stereocenters. The first kappa shape index (κ1) is 6.56. The Balaban J connectivity index is 3.34. The molecule has 0 aromatic heterocycles. The van der Waals surface area contributed by atoms with Crippen LogP contribution in [0.4, 0.5) is 10.1 Å². The minimum atomic E-state index is -0.630. The van der Waals surface area contributed by atoms with Crippen LogP contribution in [0.1, 0.15) is 5.56 Å². The largest absolute Gasteiger partial charge is 0.299 e. The molecular weight excluding hydrogens is 131 g/mol. The number of nitriles is 1. The second-order valence-corrected chi connectivity index (χ2v) is 1.77. The van der Waals surface area contributed by atoms with Gasteiger partial charge in [0.25, 0.3) is 0 Å². The summed E-state index contributed by atoms with van der Waals surface area (Å²) in [4.78, 5) is 0. The van der Waals surface area contributed by atoms with Gasteiger partial charge in [0.1, 0.15) is 17.4 Å². The minimum Gasteiger partial charge on any atom is -0.299 e. The number of halogens is 1. The van der Waals surface area contributed by atoms with E-state index in [4.69, 9.17) is 11.0 Å². The molecule has 1 radical (unpaired) electrons. The van der Waals surface area contributed by atoms with Gasteiger partial charge < -0.3 is 0 Å². The Kier molecular flexibility index (Phi) is 1.55. The van der Waals surface area contributed by atoms with Gasteiger partial charge in [-0.15, -0.1) is 0 Å². The molecule has 10 heavy (non-hydrogen) atoms. The number of nitrogens with zero attached hydrogens (tertiary/aromatic N) is 1. The van der Waals surface area contributed by atoms with Crippen LogP contribution >= 0.6 is 0 Å². The summed E-state index contributed by atoms with van der Waals surface area (Å²) in [7, 11) is 0. The third-order valence-electron chi connectivity index (χ3n) is 1.13. The summed E-state index contributed by atoms with van der Waals surface area (Å²) in [5.74, 6) is -0.630. The van der Waals surface area contributed by atoms with Gasteiger partial charge in [-0.05, 0) is 12.1 Å². The van der Waals surface area contributed by atoms with Crippen LogP contribution in [0, 0.1) is 17.1 Å². The van der Waals surface area contributed by atoms with Crippen molar-refractivity contribution in [2.75, 3.05) is 0 Å². The van der Waals surface area contributed by atoms with Crippen LogP contribution in [0.25, 0.3) is 0 Å². The number of benzene rings is 1. The monoisotopic (exact) mass is 135 g/mol. The molecule has 0 aliphatic rings. The molecule has 49 valence electrons. The number of hydrogen-bond donors (Lipinski definition) is 0. The number of nitrogens with one attached hydrogen (secondary N) is 1. The highest BCUT2D eigenvalue weighted by atomic mass is 19.1. The molecule has 0 bridgehead atoms. The van der Waals surface area contributed by atoms with Crippen molar-refractivity contribution < 1.29 is 4.39 Å². The molecule has 0 saturated carbocycles. The van der Waals surface area contributed by atoms with E-state index in [-0.39, 0.29) is 11.3 Å². The van der Waals surface area contributed by atoms with E-state index in [1.54, 1.807) is 6.07 Å². The van der Waals surface area contributed by atoms with Gasteiger partial charge in [0.05, 0.1) is 5.69 Å². The van der Waals surface area contributed by atoms with E-state index < -0.39 is 5.82 Å². The lowest BCUT2D eigenvalue weighted by molar-refractivity contribution is 0.624. The maximum absolute atomic E-state index is 12.5. The van der Waals surface area contributed by atoms with Gasteiger partial charge in [0, 0.05) is 0 Å². The lowest BCUT2D eigenvalue weighted by atomic mass is 10.2. The molecule has 0 saturated heterocycles. The summed E-state index contributed by atoms with van der Waals surface area (Å²) in [6.45, 7) is 0. The first-order valence-electron chi connectivity index (χ1n) is 2.66. The fourth-order valence-electron chi connectivity index (χ4n) is 0.638. The van der Waals surface area contributed by atoms with Gasteiger partial charge in [-0.2, -0.15) is 5.26 Å². The third kappa shape index (κ3) is 0.914. The molecule has 0 fully saturated rings. The molecule has 0 unspecified atom stereocenters. The topological polar surface area (TPSA) is 47.6 Å². The zero-order chi connectivity index (χ0) is 7.56. The molecule has 1 N–H and O–H groups in total. The Labute approximate surface area is 57.7 Å². The highest BCUT2D eigenvalue weighted by Gasteiger charge is 2.02. The second-order valence-electron chi connectivity index (χ2n) is 1.77. The maximum atomic E-state index is 12.5. The highest BCUT2D eigenvalue weighted by Crippen LogP contribution is 2.14. The van der Waals surface area contributed by atoms with Crippen LogP contribution in [0.2, 0.25) is 0 Å². The minimum absolute atomic E-state index is 0.0671. The Morgan fingerprint density at radius 1 is 1.50 bits per heavy atom. The fourth-order valence-corrected chi connectivity index (χ4v) is 0.638. The lowest BCUT2D eigenvalue weighted by Gasteiger charge is -1.93. The van der Waals surface area contributed by atoms with Crippen LogP contribution in [0.5, 0.6) is 0 Å². The summed E-state index contributed by atoms with van der Waals surface area (Å²) in [5.41, 5.74) is 6.79. The van der Waals surface area contributed by atoms with Gasteiger partial charge >= 0.3 is 0 Å². The normalized spacial score (nSPS) is 8.80. The first-order chi connectivity index (χ1) is 4.75. The number of rotatable bonds is 0. The van der Waals surface area contributed by atoms with Gasteiger partial charge in [-0.1, -0.05) is 6.07 Å². The Bertz CT molecular complexity index is 268. The number of hydrogen-bond acceptors (Lipinski definition) is 1. The second kappa shape index (κ2) is 2.36. The molecule has 2 nitrogen and oxygen atoms in total. The molecule has 1 aromatic carbocycles. The summed E-state index contributed by atoms with van der Waals surface area (Å²) in [5, 5.41) is 8.29. The van der Waals surface area contributed by atoms with Crippen LogP contribution in [-0.4, -0.2) is 0 Å². The Morgan fingerprint density at radius 2 is 2.20 bits per heavy atom. The lowest BCUT2D eigenvalue weighted by Crippen LogP contribution is -1.84. The van der Waals surface area contributed by atoms with E-state index in [1.807, 2.05) is 0 Å². The standard InChI is InChI=1S/C7H4FN2/c8-6-2-1-3-7(10)5(6)4-9/h1-3,10H. The Hall–Kier alpha value is -1.56. The average Bonchev–Trinajstić information content (AvgIpc) is 1.88. The summed E-state index contributed by atoms with van der Waals surface area (Å²) >= 11 is 0. The average molecular weight is 135 g/mol. The van der Waals surface area contributed by atoms with Crippen molar-refractivity contribution in [3.8, 4) is 6.07 Å². The molecule has 3 heteroatoms. The van der Waals surface area contributed by atoms with Crippen molar-refractivity contribution in [3.05, 3.63) is 29.6 Å². The van der Waals surface area contributed by atoms with Crippen LogP contribution in [0.15, 0.2) is 18.2 Å². The summed E-state index contributed by atoms with van der Waals surface area (Å²) < 4.78 is 12.5.